The lowest BCUT2D eigenvalue weighted by Crippen LogP contribution is -2.60. The van der Waals surface area contributed by atoms with E-state index in [1.54, 1.807) is 12.1 Å². The van der Waals surface area contributed by atoms with Gasteiger partial charge in [-0.3, -0.25) is 4.79 Å². The molecule has 3 aromatic rings. The number of hydrogen-bond acceptors (Lipinski definition) is 10. The standard InChI is InChI=1S/C28H30O10/c29-15-23-25(33)26(34)27(35)28(38-23)37-21-14-20(31)22(13-18(21)12-17-4-2-1-3-5-17)36-24(32)11-8-16-6-9-19(30)10-7-16/h1-7,9-10,13-14,23,25-31,33-35H,8,11-12,15H2/t23-,25-,26+,27-,28-/m1/s1. The van der Waals surface area contributed by atoms with E-state index in [0.29, 0.717) is 18.4 Å². The first-order chi connectivity index (χ1) is 18.2. The van der Waals surface area contributed by atoms with Crippen molar-refractivity contribution >= 4 is 5.97 Å². The fourth-order valence-corrected chi connectivity index (χ4v) is 4.11. The number of carbonyl (C=O) groups excluding carboxylic acids is 1. The molecule has 0 unspecified atom stereocenters. The van der Waals surface area contributed by atoms with Gasteiger partial charge in [-0.15, -0.1) is 0 Å². The van der Waals surface area contributed by atoms with Crippen molar-refractivity contribution in [2.45, 2.75) is 50.0 Å². The average molecular weight is 527 g/mol. The molecule has 5 atom stereocenters. The molecule has 0 aliphatic carbocycles. The number of aromatic hydroxyl groups is 2. The molecule has 1 aliphatic rings. The quantitative estimate of drug-likeness (QED) is 0.177. The second kappa shape index (κ2) is 12.2. The van der Waals surface area contributed by atoms with Gasteiger partial charge in [-0.2, -0.15) is 0 Å². The first-order valence-electron chi connectivity index (χ1n) is 12.1. The number of hydrogen-bond donors (Lipinski definition) is 6. The maximum atomic E-state index is 12.5. The van der Waals surface area contributed by atoms with Crippen molar-refractivity contribution < 1.29 is 49.6 Å². The van der Waals surface area contributed by atoms with Crippen LogP contribution in [0.1, 0.15) is 23.1 Å². The first-order valence-corrected chi connectivity index (χ1v) is 12.1. The number of ether oxygens (including phenoxy) is 3. The van der Waals surface area contributed by atoms with E-state index in [9.17, 15) is 35.4 Å². The molecule has 38 heavy (non-hydrogen) atoms. The van der Waals surface area contributed by atoms with Gasteiger partial charge in [0.1, 0.15) is 35.9 Å². The summed E-state index contributed by atoms with van der Waals surface area (Å²) in [6, 6.07) is 18.4. The zero-order valence-electron chi connectivity index (χ0n) is 20.4. The Balaban J connectivity index is 1.55. The number of carbonyl (C=O) groups is 1. The van der Waals surface area contributed by atoms with E-state index < -0.39 is 49.0 Å². The molecule has 0 bridgehead atoms. The summed E-state index contributed by atoms with van der Waals surface area (Å²) in [5.41, 5.74) is 2.19. The van der Waals surface area contributed by atoms with Gasteiger partial charge in [-0.1, -0.05) is 42.5 Å². The minimum Gasteiger partial charge on any atom is -0.508 e. The number of esters is 1. The van der Waals surface area contributed by atoms with Crippen LogP contribution >= 0.6 is 0 Å². The van der Waals surface area contributed by atoms with Crippen LogP contribution in [0.4, 0.5) is 0 Å². The lowest BCUT2D eigenvalue weighted by Gasteiger charge is -2.39. The number of rotatable bonds is 9. The number of phenolic OH excluding ortho intramolecular Hbond substituents is 2. The Labute approximate surface area is 218 Å². The molecule has 0 radical (unpaired) electrons. The molecule has 0 amide bonds. The van der Waals surface area contributed by atoms with Crippen molar-refractivity contribution in [1.82, 2.24) is 0 Å². The van der Waals surface area contributed by atoms with Crippen molar-refractivity contribution in [2.24, 2.45) is 0 Å². The largest absolute Gasteiger partial charge is 0.508 e. The fraction of sp³-hybridized carbons (Fsp3) is 0.321. The highest BCUT2D eigenvalue weighted by molar-refractivity contribution is 5.74. The van der Waals surface area contributed by atoms with E-state index >= 15 is 0 Å². The molecule has 10 heteroatoms. The Hall–Kier alpha value is -3.67. The van der Waals surface area contributed by atoms with Crippen molar-refractivity contribution in [3.63, 3.8) is 0 Å². The van der Waals surface area contributed by atoms with E-state index in [4.69, 9.17) is 14.2 Å². The molecule has 1 heterocycles. The third kappa shape index (κ3) is 6.60. The van der Waals surface area contributed by atoms with Gasteiger partial charge in [0.2, 0.25) is 6.29 Å². The summed E-state index contributed by atoms with van der Waals surface area (Å²) in [7, 11) is 0. The molecule has 1 aliphatic heterocycles. The molecule has 202 valence electrons. The van der Waals surface area contributed by atoms with Gasteiger partial charge in [0.15, 0.2) is 11.5 Å². The Kier molecular flexibility index (Phi) is 8.82. The lowest BCUT2D eigenvalue weighted by atomic mass is 9.99. The predicted molar refractivity (Wildman–Crippen MR) is 134 cm³/mol. The monoisotopic (exact) mass is 526 g/mol. The van der Waals surface area contributed by atoms with Gasteiger partial charge >= 0.3 is 5.97 Å². The molecule has 0 aromatic heterocycles. The maximum Gasteiger partial charge on any atom is 0.311 e. The number of aryl methyl sites for hydroxylation is 1. The molecule has 1 saturated heterocycles. The first kappa shape index (κ1) is 27.4. The molecule has 0 spiro atoms. The Bertz CT molecular complexity index is 1210. The molecule has 4 rings (SSSR count). The predicted octanol–water partition coefficient (Wildman–Crippen LogP) is 1.41. The smallest absolute Gasteiger partial charge is 0.311 e. The normalized spacial score (nSPS) is 23.1. The number of benzene rings is 3. The van der Waals surface area contributed by atoms with Crippen LogP contribution in [-0.2, 0) is 22.4 Å². The second-order valence-electron chi connectivity index (χ2n) is 9.05. The summed E-state index contributed by atoms with van der Waals surface area (Å²) in [6.45, 7) is -0.619. The third-order valence-electron chi connectivity index (χ3n) is 6.25. The van der Waals surface area contributed by atoms with Gasteiger partial charge in [0.05, 0.1) is 6.61 Å². The molecule has 1 fully saturated rings. The fourth-order valence-electron chi connectivity index (χ4n) is 4.11. The van der Waals surface area contributed by atoms with E-state index in [1.807, 2.05) is 30.3 Å². The zero-order chi connectivity index (χ0) is 27.2. The molecule has 3 aromatic carbocycles. The van der Waals surface area contributed by atoms with Gasteiger partial charge in [0.25, 0.3) is 0 Å². The highest BCUT2D eigenvalue weighted by atomic mass is 16.7. The van der Waals surface area contributed by atoms with Crippen molar-refractivity contribution in [1.29, 1.82) is 0 Å². The minimum atomic E-state index is -1.64. The zero-order valence-corrected chi connectivity index (χ0v) is 20.4. The van der Waals surface area contributed by atoms with Gasteiger partial charge in [-0.25, -0.2) is 0 Å². The van der Waals surface area contributed by atoms with Crippen molar-refractivity contribution in [2.75, 3.05) is 6.61 Å². The van der Waals surface area contributed by atoms with E-state index in [0.717, 1.165) is 11.1 Å². The SMILES string of the molecule is O=C(CCc1ccc(O)cc1)Oc1cc(Cc2ccccc2)c(O[C@@H]2O[C@H](CO)[C@@H](O)[C@H](O)[C@H]2O)cc1O. The van der Waals surface area contributed by atoms with Crippen LogP contribution in [0, 0.1) is 0 Å². The summed E-state index contributed by atoms with van der Waals surface area (Å²) in [5.74, 6) is -0.869. The van der Waals surface area contributed by atoms with E-state index in [2.05, 4.69) is 0 Å². The summed E-state index contributed by atoms with van der Waals surface area (Å²) < 4.78 is 16.7. The van der Waals surface area contributed by atoms with Crippen LogP contribution in [0.15, 0.2) is 66.7 Å². The Morgan fingerprint density at radius 2 is 1.55 bits per heavy atom. The third-order valence-corrected chi connectivity index (χ3v) is 6.25. The van der Waals surface area contributed by atoms with Gasteiger partial charge in [0, 0.05) is 24.5 Å². The Morgan fingerprint density at radius 3 is 2.24 bits per heavy atom. The number of phenols is 2. The van der Waals surface area contributed by atoms with Gasteiger partial charge in [-0.05, 0) is 35.7 Å². The van der Waals surface area contributed by atoms with Crippen LogP contribution in [-0.4, -0.2) is 73.9 Å². The van der Waals surface area contributed by atoms with Crippen LogP contribution in [0.3, 0.4) is 0 Å². The minimum absolute atomic E-state index is 0.0291. The lowest BCUT2D eigenvalue weighted by molar-refractivity contribution is -0.277. The summed E-state index contributed by atoms with van der Waals surface area (Å²) in [5, 5.41) is 60.0. The van der Waals surface area contributed by atoms with E-state index in [1.165, 1.54) is 24.3 Å². The molecular formula is C28H30O10. The molecule has 10 nitrogen and oxygen atoms in total. The highest BCUT2D eigenvalue weighted by Crippen LogP contribution is 2.37. The summed E-state index contributed by atoms with van der Waals surface area (Å²) in [4.78, 5) is 12.5. The molecule has 0 saturated carbocycles. The average Bonchev–Trinajstić information content (AvgIpc) is 2.91. The van der Waals surface area contributed by atoms with Gasteiger partial charge < -0.3 is 44.8 Å². The number of aliphatic hydroxyl groups excluding tert-OH is 4. The van der Waals surface area contributed by atoms with Crippen molar-refractivity contribution in [3.05, 3.63) is 83.4 Å². The summed E-state index contributed by atoms with van der Waals surface area (Å²) >= 11 is 0. The summed E-state index contributed by atoms with van der Waals surface area (Å²) in [6.07, 6.45) is -6.75. The van der Waals surface area contributed by atoms with Crippen LogP contribution in [0.2, 0.25) is 0 Å². The Morgan fingerprint density at radius 1 is 0.842 bits per heavy atom. The highest BCUT2D eigenvalue weighted by Gasteiger charge is 2.45. The molecular weight excluding hydrogens is 496 g/mol. The van der Waals surface area contributed by atoms with Crippen LogP contribution in [0.5, 0.6) is 23.0 Å². The number of aliphatic hydroxyl groups is 4. The topological polar surface area (TPSA) is 166 Å². The molecule has 6 N–H and O–H groups in total. The van der Waals surface area contributed by atoms with Crippen molar-refractivity contribution in [3.8, 4) is 23.0 Å². The van der Waals surface area contributed by atoms with Crippen LogP contribution in [0.25, 0.3) is 0 Å². The van der Waals surface area contributed by atoms with E-state index in [-0.39, 0.29) is 23.7 Å². The second-order valence-corrected chi connectivity index (χ2v) is 9.05. The van der Waals surface area contributed by atoms with Crippen LogP contribution < -0.4 is 9.47 Å². The maximum absolute atomic E-state index is 12.5.